The zero-order valence-electron chi connectivity index (χ0n) is 13.1. The molecule has 2 bridgehead atoms. The minimum atomic E-state index is 0.101. The number of aryl methyl sites for hydroxylation is 1. The highest BCUT2D eigenvalue weighted by atomic mass is 16.2. The van der Waals surface area contributed by atoms with Crippen molar-refractivity contribution >= 4 is 5.91 Å². The Labute approximate surface area is 131 Å². The highest BCUT2D eigenvalue weighted by Gasteiger charge is 2.40. The zero-order valence-corrected chi connectivity index (χ0v) is 13.1. The molecule has 2 saturated carbocycles. The molecule has 1 amide bonds. The van der Waals surface area contributed by atoms with Gasteiger partial charge in [0.25, 0.3) is 0 Å². The van der Waals surface area contributed by atoms with Crippen molar-refractivity contribution in [3.8, 4) is 0 Å². The van der Waals surface area contributed by atoms with E-state index in [2.05, 4.69) is 15.5 Å². The van der Waals surface area contributed by atoms with E-state index in [-0.39, 0.29) is 11.8 Å². The van der Waals surface area contributed by atoms with Crippen LogP contribution in [0.2, 0.25) is 0 Å². The van der Waals surface area contributed by atoms with Gasteiger partial charge in [-0.15, -0.1) is 0 Å². The van der Waals surface area contributed by atoms with E-state index in [9.17, 15) is 4.79 Å². The maximum atomic E-state index is 12.7. The molecular formula is C17H26N4O. The lowest BCUT2D eigenvalue weighted by Crippen LogP contribution is -2.55. The number of nitrogens with two attached hydrogens (primary N) is 1. The highest BCUT2D eigenvalue weighted by molar-refractivity contribution is 5.79. The van der Waals surface area contributed by atoms with Crippen molar-refractivity contribution in [3.05, 3.63) is 17.5 Å². The van der Waals surface area contributed by atoms with Crippen molar-refractivity contribution in [1.29, 1.82) is 0 Å². The second-order valence-corrected chi connectivity index (χ2v) is 7.53. The van der Waals surface area contributed by atoms with Crippen LogP contribution in [-0.4, -0.2) is 28.2 Å². The molecule has 1 heterocycles. The molecule has 3 aliphatic carbocycles. The first-order valence-electron chi connectivity index (χ1n) is 8.78. The van der Waals surface area contributed by atoms with Gasteiger partial charge in [0.05, 0.1) is 6.20 Å². The Hall–Kier alpha value is -1.36. The fourth-order valence-electron chi connectivity index (χ4n) is 4.94. The van der Waals surface area contributed by atoms with Gasteiger partial charge >= 0.3 is 0 Å². The van der Waals surface area contributed by atoms with Gasteiger partial charge in [-0.1, -0.05) is 6.42 Å². The minimum absolute atomic E-state index is 0.101. The lowest BCUT2D eigenvalue weighted by atomic mass is 9.67. The van der Waals surface area contributed by atoms with E-state index in [0.29, 0.717) is 23.9 Å². The molecule has 5 heteroatoms. The largest absolute Gasteiger partial charge is 0.353 e. The maximum absolute atomic E-state index is 12.7. The number of rotatable bonds is 2. The van der Waals surface area contributed by atoms with Gasteiger partial charge in [-0.25, -0.2) is 0 Å². The second kappa shape index (κ2) is 5.69. The first-order chi connectivity index (χ1) is 10.7. The average molecular weight is 302 g/mol. The Morgan fingerprint density at radius 2 is 2.05 bits per heavy atom. The quantitative estimate of drug-likeness (QED) is 0.775. The van der Waals surface area contributed by atoms with Crippen molar-refractivity contribution in [3.63, 3.8) is 0 Å². The van der Waals surface area contributed by atoms with Crippen molar-refractivity contribution in [2.24, 2.45) is 23.5 Å². The van der Waals surface area contributed by atoms with Gasteiger partial charge in [0.2, 0.25) is 5.91 Å². The fourth-order valence-corrected chi connectivity index (χ4v) is 4.94. The van der Waals surface area contributed by atoms with E-state index in [1.54, 1.807) is 0 Å². The van der Waals surface area contributed by atoms with Crippen LogP contribution in [0, 0.1) is 17.8 Å². The molecule has 1 aromatic rings. The second-order valence-electron chi connectivity index (χ2n) is 7.53. The van der Waals surface area contributed by atoms with Crippen LogP contribution in [0.5, 0.6) is 0 Å². The summed E-state index contributed by atoms with van der Waals surface area (Å²) in [5.41, 5.74) is 8.61. The summed E-state index contributed by atoms with van der Waals surface area (Å²) in [5, 5.41) is 10.5. The average Bonchev–Trinajstić information content (AvgIpc) is 2.95. The number of carbonyl (C=O) groups is 1. The third-order valence-corrected chi connectivity index (χ3v) is 6.08. The topological polar surface area (TPSA) is 83.8 Å². The summed E-state index contributed by atoms with van der Waals surface area (Å²) < 4.78 is 0. The van der Waals surface area contributed by atoms with E-state index in [4.69, 9.17) is 5.73 Å². The van der Waals surface area contributed by atoms with Crippen LogP contribution < -0.4 is 11.1 Å². The number of nitrogens with zero attached hydrogens (tertiary/aromatic N) is 1. The highest BCUT2D eigenvalue weighted by Crippen LogP contribution is 2.40. The minimum Gasteiger partial charge on any atom is -0.353 e. The first kappa shape index (κ1) is 14.2. The molecule has 2 fully saturated rings. The Kier molecular flexibility index (Phi) is 3.68. The monoisotopic (exact) mass is 302 g/mol. The third-order valence-electron chi connectivity index (χ3n) is 6.08. The van der Waals surface area contributed by atoms with Crippen molar-refractivity contribution in [1.82, 2.24) is 15.5 Å². The number of H-pyrrole nitrogens is 1. The Morgan fingerprint density at radius 3 is 2.82 bits per heavy atom. The van der Waals surface area contributed by atoms with Crippen LogP contribution in [0.4, 0.5) is 0 Å². The normalized spacial score (nSPS) is 37.4. The van der Waals surface area contributed by atoms with Gasteiger partial charge in [0.15, 0.2) is 0 Å². The summed E-state index contributed by atoms with van der Waals surface area (Å²) in [5.74, 6) is 1.54. The number of aromatic amines is 1. The molecule has 22 heavy (non-hydrogen) atoms. The van der Waals surface area contributed by atoms with E-state index < -0.39 is 0 Å². The lowest BCUT2D eigenvalue weighted by Gasteiger charge is -2.45. The molecule has 0 aromatic carbocycles. The Bertz CT molecular complexity index is 541. The standard InChI is InChI=1S/C17H26N4O/c18-14-6-10-2-1-3-11(7-14)16(10)20-17(22)12-4-5-13-9-19-21-15(13)8-12/h9-12,14,16H,1-8,18H2,(H,19,21)(H,20,22). The number of hydrogen-bond acceptors (Lipinski definition) is 3. The van der Waals surface area contributed by atoms with Crippen molar-refractivity contribution < 1.29 is 4.79 Å². The predicted molar refractivity (Wildman–Crippen MR) is 84.1 cm³/mol. The van der Waals surface area contributed by atoms with Gasteiger partial charge in [0.1, 0.15) is 0 Å². The van der Waals surface area contributed by atoms with Crippen LogP contribution >= 0.6 is 0 Å². The van der Waals surface area contributed by atoms with E-state index >= 15 is 0 Å². The SMILES string of the molecule is NC1CC2CCCC(C1)C2NC(=O)C1CCc2cn[nH]c2C1. The molecule has 0 radical (unpaired) electrons. The number of carbonyl (C=O) groups excluding carboxylic acids is 1. The number of hydrogen-bond donors (Lipinski definition) is 3. The molecule has 4 rings (SSSR count). The number of fused-ring (bicyclic) bond motifs is 3. The van der Waals surface area contributed by atoms with Crippen LogP contribution in [0.15, 0.2) is 6.20 Å². The number of amides is 1. The Morgan fingerprint density at radius 1 is 1.27 bits per heavy atom. The molecule has 1 aromatic heterocycles. The summed E-state index contributed by atoms with van der Waals surface area (Å²) in [7, 11) is 0. The smallest absolute Gasteiger partial charge is 0.223 e. The Balaban J connectivity index is 1.42. The van der Waals surface area contributed by atoms with Gasteiger partial charge in [-0.2, -0.15) is 5.10 Å². The molecule has 3 aliphatic rings. The molecular weight excluding hydrogens is 276 g/mol. The molecule has 0 saturated heterocycles. The summed E-state index contributed by atoms with van der Waals surface area (Å²) in [4.78, 5) is 12.7. The molecule has 4 N–H and O–H groups in total. The van der Waals surface area contributed by atoms with Gasteiger partial charge in [-0.3, -0.25) is 9.89 Å². The first-order valence-corrected chi connectivity index (χ1v) is 8.78. The van der Waals surface area contributed by atoms with Gasteiger partial charge in [0, 0.05) is 30.1 Å². The van der Waals surface area contributed by atoms with Crippen LogP contribution in [-0.2, 0) is 17.6 Å². The summed E-state index contributed by atoms with van der Waals surface area (Å²) >= 11 is 0. The molecule has 3 atom stereocenters. The molecule has 120 valence electrons. The molecule has 0 spiro atoms. The zero-order chi connectivity index (χ0) is 15.1. The predicted octanol–water partition coefficient (Wildman–Crippen LogP) is 1.54. The lowest BCUT2D eigenvalue weighted by molar-refractivity contribution is -0.127. The number of aromatic nitrogens is 2. The number of nitrogens with one attached hydrogen (secondary N) is 2. The molecule has 3 unspecified atom stereocenters. The third kappa shape index (κ3) is 2.56. The van der Waals surface area contributed by atoms with E-state index in [1.165, 1.54) is 24.8 Å². The molecule has 5 nitrogen and oxygen atoms in total. The van der Waals surface area contributed by atoms with E-state index in [0.717, 1.165) is 37.8 Å². The van der Waals surface area contributed by atoms with Gasteiger partial charge < -0.3 is 11.1 Å². The van der Waals surface area contributed by atoms with Crippen LogP contribution in [0.25, 0.3) is 0 Å². The van der Waals surface area contributed by atoms with Crippen LogP contribution in [0.3, 0.4) is 0 Å². The summed E-state index contributed by atoms with van der Waals surface area (Å²) in [6.45, 7) is 0. The summed E-state index contributed by atoms with van der Waals surface area (Å²) in [6, 6.07) is 0.704. The van der Waals surface area contributed by atoms with Gasteiger partial charge in [-0.05, 0) is 55.9 Å². The van der Waals surface area contributed by atoms with Crippen molar-refractivity contribution in [2.45, 2.75) is 63.5 Å². The molecule has 0 aliphatic heterocycles. The summed E-state index contributed by atoms with van der Waals surface area (Å²) in [6.07, 6.45) is 10.5. The van der Waals surface area contributed by atoms with Crippen LogP contribution in [0.1, 0.15) is 49.8 Å². The van der Waals surface area contributed by atoms with Crippen molar-refractivity contribution in [2.75, 3.05) is 0 Å². The fraction of sp³-hybridized carbons (Fsp3) is 0.765. The van der Waals surface area contributed by atoms with E-state index in [1.807, 2.05) is 6.20 Å². The maximum Gasteiger partial charge on any atom is 0.223 e.